The standard InChI is InChI=1S/C15H18O4/c1-9(2)5-6-19-15-8-14(18)12(10(3)16)7-13(15)11(4)17/h5,7-8,18H,6H2,1-4H3. The molecule has 0 radical (unpaired) electrons. The van der Waals surface area contributed by atoms with Gasteiger partial charge in [0.05, 0.1) is 11.1 Å². The van der Waals surface area contributed by atoms with E-state index in [0.29, 0.717) is 12.2 Å². The Balaban J connectivity index is 3.16. The number of benzene rings is 1. The maximum Gasteiger partial charge on any atom is 0.163 e. The predicted octanol–water partition coefficient (Wildman–Crippen LogP) is 3.14. The van der Waals surface area contributed by atoms with E-state index in [9.17, 15) is 14.7 Å². The lowest BCUT2D eigenvalue weighted by molar-refractivity contribution is 0.101. The summed E-state index contributed by atoms with van der Waals surface area (Å²) in [5.74, 6) is -0.400. The molecule has 0 saturated heterocycles. The van der Waals surface area contributed by atoms with Crippen molar-refractivity contribution in [2.75, 3.05) is 6.61 Å². The third kappa shape index (κ3) is 3.95. The van der Waals surface area contributed by atoms with Crippen molar-refractivity contribution < 1.29 is 19.4 Å². The van der Waals surface area contributed by atoms with E-state index in [2.05, 4.69) is 0 Å². The first kappa shape index (κ1) is 15.0. The fraction of sp³-hybridized carbons (Fsp3) is 0.333. The van der Waals surface area contributed by atoms with Crippen molar-refractivity contribution in [1.29, 1.82) is 0 Å². The first-order chi connectivity index (χ1) is 8.82. The number of hydrogen-bond acceptors (Lipinski definition) is 4. The maximum absolute atomic E-state index is 11.6. The summed E-state index contributed by atoms with van der Waals surface area (Å²) in [6.07, 6.45) is 1.86. The van der Waals surface area contributed by atoms with E-state index in [0.717, 1.165) is 5.57 Å². The summed E-state index contributed by atoms with van der Waals surface area (Å²) in [6, 6.07) is 2.68. The average Bonchev–Trinajstić information content (AvgIpc) is 2.27. The molecule has 4 nitrogen and oxygen atoms in total. The number of Topliss-reactive ketones (excluding diaryl/α,β-unsaturated/α-hetero) is 2. The molecule has 1 N–H and O–H groups in total. The smallest absolute Gasteiger partial charge is 0.163 e. The molecular weight excluding hydrogens is 244 g/mol. The van der Waals surface area contributed by atoms with Gasteiger partial charge in [-0.3, -0.25) is 9.59 Å². The summed E-state index contributed by atoms with van der Waals surface area (Å²) in [6.45, 7) is 6.91. The number of rotatable bonds is 5. The van der Waals surface area contributed by atoms with Crippen molar-refractivity contribution in [3.63, 3.8) is 0 Å². The highest BCUT2D eigenvalue weighted by Gasteiger charge is 2.16. The quantitative estimate of drug-likeness (QED) is 0.654. The lowest BCUT2D eigenvalue weighted by atomic mass is 10.0. The van der Waals surface area contributed by atoms with Crippen LogP contribution in [0.4, 0.5) is 0 Å². The molecule has 0 heterocycles. The van der Waals surface area contributed by atoms with E-state index in [1.165, 1.54) is 26.0 Å². The second-order valence-electron chi connectivity index (χ2n) is 4.57. The fourth-order valence-electron chi connectivity index (χ4n) is 1.54. The van der Waals surface area contributed by atoms with Gasteiger partial charge in [-0.05, 0) is 39.8 Å². The van der Waals surface area contributed by atoms with E-state index in [4.69, 9.17) is 4.74 Å². The van der Waals surface area contributed by atoms with Crippen LogP contribution in [0.15, 0.2) is 23.8 Å². The Morgan fingerprint density at radius 3 is 2.16 bits per heavy atom. The summed E-state index contributed by atoms with van der Waals surface area (Å²) in [5.41, 5.74) is 1.51. The second-order valence-corrected chi connectivity index (χ2v) is 4.57. The van der Waals surface area contributed by atoms with Gasteiger partial charge in [-0.25, -0.2) is 0 Å². The molecule has 1 rings (SSSR count). The van der Waals surface area contributed by atoms with Crippen LogP contribution in [0.3, 0.4) is 0 Å². The Morgan fingerprint density at radius 2 is 1.68 bits per heavy atom. The molecule has 0 fully saturated rings. The van der Waals surface area contributed by atoms with Crippen LogP contribution in [0.1, 0.15) is 48.4 Å². The van der Waals surface area contributed by atoms with Gasteiger partial charge in [-0.15, -0.1) is 0 Å². The number of carbonyl (C=O) groups excluding carboxylic acids is 2. The molecule has 0 aliphatic rings. The first-order valence-corrected chi connectivity index (χ1v) is 5.98. The number of hydrogen-bond donors (Lipinski definition) is 1. The van der Waals surface area contributed by atoms with Crippen LogP contribution in [-0.2, 0) is 0 Å². The normalized spacial score (nSPS) is 9.89. The van der Waals surface area contributed by atoms with Gasteiger partial charge in [0.15, 0.2) is 11.6 Å². The molecule has 0 spiro atoms. The van der Waals surface area contributed by atoms with E-state index in [-0.39, 0.29) is 28.6 Å². The molecule has 0 saturated carbocycles. The average molecular weight is 262 g/mol. The van der Waals surface area contributed by atoms with Crippen molar-refractivity contribution in [3.05, 3.63) is 34.9 Å². The topological polar surface area (TPSA) is 63.6 Å². The largest absolute Gasteiger partial charge is 0.507 e. The summed E-state index contributed by atoms with van der Waals surface area (Å²) in [7, 11) is 0. The molecule has 19 heavy (non-hydrogen) atoms. The summed E-state index contributed by atoms with van der Waals surface area (Å²) in [5, 5.41) is 9.75. The van der Waals surface area contributed by atoms with Crippen LogP contribution >= 0.6 is 0 Å². The fourth-order valence-corrected chi connectivity index (χ4v) is 1.54. The minimum atomic E-state index is -0.296. The lowest BCUT2D eigenvalue weighted by Gasteiger charge is -2.11. The highest BCUT2D eigenvalue weighted by Crippen LogP contribution is 2.29. The Morgan fingerprint density at radius 1 is 1.11 bits per heavy atom. The Hall–Kier alpha value is -2.10. The van der Waals surface area contributed by atoms with Gasteiger partial charge in [0.2, 0.25) is 0 Å². The van der Waals surface area contributed by atoms with Crippen molar-refractivity contribution in [3.8, 4) is 11.5 Å². The van der Waals surface area contributed by atoms with Gasteiger partial charge in [0, 0.05) is 6.07 Å². The molecule has 1 aromatic carbocycles. The zero-order valence-corrected chi connectivity index (χ0v) is 11.6. The van der Waals surface area contributed by atoms with E-state index in [1.807, 2.05) is 19.9 Å². The van der Waals surface area contributed by atoms with Crippen LogP contribution in [0, 0.1) is 0 Å². The molecule has 1 aromatic rings. The molecule has 0 amide bonds. The Labute approximate surface area is 112 Å². The highest BCUT2D eigenvalue weighted by molar-refractivity contribution is 6.03. The van der Waals surface area contributed by atoms with Crippen LogP contribution in [0.5, 0.6) is 11.5 Å². The van der Waals surface area contributed by atoms with Crippen LogP contribution in [-0.4, -0.2) is 23.3 Å². The maximum atomic E-state index is 11.6. The lowest BCUT2D eigenvalue weighted by Crippen LogP contribution is -2.04. The molecule has 0 aliphatic heterocycles. The number of phenolic OH excluding ortho intramolecular Hbond substituents is 1. The SMILES string of the molecule is CC(=O)c1cc(C(C)=O)c(OCC=C(C)C)cc1O. The second kappa shape index (κ2) is 6.18. The van der Waals surface area contributed by atoms with Gasteiger partial charge < -0.3 is 9.84 Å². The third-order valence-corrected chi connectivity index (χ3v) is 2.59. The van der Waals surface area contributed by atoms with E-state index < -0.39 is 0 Å². The summed E-state index contributed by atoms with van der Waals surface area (Å²) >= 11 is 0. The van der Waals surface area contributed by atoms with Crippen molar-refractivity contribution in [2.24, 2.45) is 0 Å². The minimum absolute atomic E-state index is 0.125. The molecular formula is C15H18O4. The molecule has 0 atom stereocenters. The highest BCUT2D eigenvalue weighted by atomic mass is 16.5. The number of aromatic hydroxyl groups is 1. The molecule has 4 heteroatoms. The summed E-state index contributed by atoms with van der Waals surface area (Å²) in [4.78, 5) is 22.9. The predicted molar refractivity (Wildman–Crippen MR) is 73.0 cm³/mol. The Kier molecular flexibility index (Phi) is 4.87. The van der Waals surface area contributed by atoms with Crippen LogP contribution < -0.4 is 4.74 Å². The minimum Gasteiger partial charge on any atom is -0.507 e. The molecule has 0 aromatic heterocycles. The van der Waals surface area contributed by atoms with Gasteiger partial charge >= 0.3 is 0 Å². The van der Waals surface area contributed by atoms with E-state index in [1.54, 1.807) is 0 Å². The molecule has 0 unspecified atom stereocenters. The van der Waals surface area contributed by atoms with Crippen LogP contribution in [0.25, 0.3) is 0 Å². The van der Waals surface area contributed by atoms with E-state index >= 15 is 0 Å². The van der Waals surface area contributed by atoms with Crippen molar-refractivity contribution in [2.45, 2.75) is 27.7 Å². The first-order valence-electron chi connectivity index (χ1n) is 5.98. The molecule has 0 bridgehead atoms. The number of phenols is 1. The Bertz CT molecular complexity index is 537. The van der Waals surface area contributed by atoms with Crippen molar-refractivity contribution >= 4 is 11.6 Å². The van der Waals surface area contributed by atoms with Gasteiger partial charge in [0.1, 0.15) is 18.1 Å². The third-order valence-electron chi connectivity index (χ3n) is 2.59. The number of ether oxygens (including phenoxy) is 1. The molecule has 0 aliphatic carbocycles. The summed E-state index contributed by atoms with van der Waals surface area (Å²) < 4.78 is 5.46. The molecule has 102 valence electrons. The van der Waals surface area contributed by atoms with Gasteiger partial charge in [-0.1, -0.05) is 5.57 Å². The van der Waals surface area contributed by atoms with Crippen molar-refractivity contribution in [1.82, 2.24) is 0 Å². The zero-order valence-electron chi connectivity index (χ0n) is 11.6. The monoisotopic (exact) mass is 262 g/mol. The number of allylic oxidation sites excluding steroid dienone is 1. The van der Waals surface area contributed by atoms with Gasteiger partial charge in [-0.2, -0.15) is 0 Å². The number of carbonyl (C=O) groups is 2. The number of ketones is 2. The van der Waals surface area contributed by atoms with Crippen LogP contribution in [0.2, 0.25) is 0 Å². The van der Waals surface area contributed by atoms with Gasteiger partial charge in [0.25, 0.3) is 0 Å². The zero-order chi connectivity index (χ0) is 14.6.